The van der Waals surface area contributed by atoms with Crippen molar-refractivity contribution in [3.63, 3.8) is 0 Å². The van der Waals surface area contributed by atoms with Crippen LogP contribution in [0, 0.1) is 0 Å². The van der Waals surface area contributed by atoms with Gasteiger partial charge in [-0.3, -0.25) is 9.69 Å². The zero-order valence-electron chi connectivity index (χ0n) is 11.3. The summed E-state index contributed by atoms with van der Waals surface area (Å²) in [7, 11) is 1.89. The fourth-order valence-electron chi connectivity index (χ4n) is 1.63. The fourth-order valence-corrected chi connectivity index (χ4v) is 1.63. The van der Waals surface area contributed by atoms with Crippen LogP contribution in [0.15, 0.2) is 0 Å². The van der Waals surface area contributed by atoms with Crippen LogP contribution in [0.4, 0.5) is 0 Å². The largest absolute Gasteiger partial charge is 0.379 e. The molecule has 1 rings (SSSR count). The number of hydrogen-bond acceptors (Lipinski definition) is 4. The predicted octanol–water partition coefficient (Wildman–Crippen LogP) is 0.275. The number of rotatable bonds is 5. The van der Waals surface area contributed by atoms with E-state index >= 15 is 0 Å². The second-order valence-corrected chi connectivity index (χ2v) is 4.26. The van der Waals surface area contributed by atoms with Crippen LogP contribution in [-0.2, 0) is 9.53 Å². The van der Waals surface area contributed by atoms with Crippen molar-refractivity contribution in [2.75, 3.05) is 39.9 Å². The van der Waals surface area contributed by atoms with Crippen molar-refractivity contribution in [1.29, 1.82) is 0 Å². The Morgan fingerprint density at radius 3 is 2.33 bits per heavy atom. The van der Waals surface area contributed by atoms with Crippen molar-refractivity contribution >= 4 is 30.7 Å². The van der Waals surface area contributed by atoms with Crippen LogP contribution in [0.25, 0.3) is 0 Å². The fraction of sp³-hybridized carbons (Fsp3) is 0.909. The molecule has 0 radical (unpaired) electrons. The van der Waals surface area contributed by atoms with Crippen LogP contribution in [0.5, 0.6) is 0 Å². The van der Waals surface area contributed by atoms with E-state index in [2.05, 4.69) is 15.5 Å². The van der Waals surface area contributed by atoms with E-state index < -0.39 is 0 Å². The molecule has 2 atom stereocenters. The van der Waals surface area contributed by atoms with Gasteiger partial charge in [-0.1, -0.05) is 0 Å². The third-order valence-corrected chi connectivity index (χ3v) is 3.05. The lowest BCUT2D eigenvalue weighted by molar-refractivity contribution is -0.127. The minimum absolute atomic E-state index is 0. The highest BCUT2D eigenvalue weighted by Crippen LogP contribution is 2.03. The molecule has 1 aliphatic rings. The van der Waals surface area contributed by atoms with E-state index in [0.29, 0.717) is 12.6 Å². The summed E-state index contributed by atoms with van der Waals surface area (Å²) in [6.45, 7) is 7.80. The monoisotopic (exact) mass is 301 g/mol. The van der Waals surface area contributed by atoms with Crippen molar-refractivity contribution in [2.24, 2.45) is 0 Å². The maximum Gasteiger partial charge on any atom is 0.237 e. The van der Waals surface area contributed by atoms with Crippen molar-refractivity contribution < 1.29 is 9.53 Å². The molecule has 1 amide bonds. The number of hydrogen-bond donors (Lipinski definition) is 2. The first-order chi connectivity index (χ1) is 7.65. The summed E-state index contributed by atoms with van der Waals surface area (Å²) in [4.78, 5) is 14.0. The number of likely N-dealkylation sites (N-methyl/N-ethyl adjacent to an activating group) is 1. The van der Waals surface area contributed by atoms with E-state index in [1.54, 1.807) is 0 Å². The van der Waals surface area contributed by atoms with Crippen molar-refractivity contribution in [3.8, 4) is 0 Å². The average Bonchev–Trinajstić information content (AvgIpc) is 2.35. The molecule has 1 heterocycles. The van der Waals surface area contributed by atoms with Gasteiger partial charge in [0.05, 0.1) is 19.3 Å². The zero-order valence-corrected chi connectivity index (χ0v) is 12.9. The Labute approximate surface area is 122 Å². The van der Waals surface area contributed by atoms with Gasteiger partial charge in [0.2, 0.25) is 5.91 Å². The van der Waals surface area contributed by atoms with Crippen molar-refractivity contribution in [2.45, 2.75) is 25.9 Å². The van der Waals surface area contributed by atoms with E-state index in [-0.39, 0.29) is 36.8 Å². The van der Waals surface area contributed by atoms with Gasteiger partial charge in [0.1, 0.15) is 0 Å². The lowest BCUT2D eigenvalue weighted by Gasteiger charge is -2.31. The summed E-state index contributed by atoms with van der Waals surface area (Å²) in [5.41, 5.74) is 0. The first-order valence-corrected chi connectivity index (χ1v) is 5.92. The Morgan fingerprint density at radius 1 is 1.28 bits per heavy atom. The predicted molar refractivity (Wildman–Crippen MR) is 77.9 cm³/mol. The highest BCUT2D eigenvalue weighted by molar-refractivity contribution is 5.85. The summed E-state index contributed by atoms with van der Waals surface area (Å²) in [6, 6.07) is 0.244. The molecule has 0 aliphatic carbocycles. The van der Waals surface area contributed by atoms with Crippen LogP contribution < -0.4 is 10.6 Å². The van der Waals surface area contributed by atoms with Crippen LogP contribution in [0.2, 0.25) is 0 Å². The van der Waals surface area contributed by atoms with Crippen LogP contribution in [-0.4, -0.2) is 62.8 Å². The third kappa shape index (κ3) is 6.75. The molecular weight excluding hydrogens is 277 g/mol. The second-order valence-electron chi connectivity index (χ2n) is 4.26. The molecule has 1 saturated heterocycles. The summed E-state index contributed by atoms with van der Waals surface area (Å²) >= 11 is 0. The van der Waals surface area contributed by atoms with E-state index in [9.17, 15) is 4.79 Å². The van der Waals surface area contributed by atoms with E-state index in [1.807, 2.05) is 20.9 Å². The van der Waals surface area contributed by atoms with Crippen molar-refractivity contribution in [1.82, 2.24) is 15.5 Å². The van der Waals surface area contributed by atoms with Gasteiger partial charge in [0, 0.05) is 25.7 Å². The summed E-state index contributed by atoms with van der Waals surface area (Å²) in [6.07, 6.45) is 0. The molecular formula is C11H25Cl2N3O2. The number of amides is 1. The maximum absolute atomic E-state index is 11.8. The van der Waals surface area contributed by atoms with E-state index in [4.69, 9.17) is 4.74 Å². The highest BCUT2D eigenvalue weighted by Gasteiger charge is 2.22. The summed E-state index contributed by atoms with van der Waals surface area (Å²) in [5, 5.41) is 6.04. The number of nitrogens with one attached hydrogen (secondary N) is 2. The molecule has 5 nitrogen and oxygen atoms in total. The van der Waals surface area contributed by atoms with Crippen LogP contribution in [0.1, 0.15) is 13.8 Å². The second kappa shape index (κ2) is 10.8. The smallest absolute Gasteiger partial charge is 0.237 e. The van der Waals surface area contributed by atoms with Gasteiger partial charge in [0.15, 0.2) is 0 Å². The SMILES string of the molecule is CNC(C)CNC(=O)C(C)N1CCOCC1.Cl.Cl. The first-order valence-electron chi connectivity index (χ1n) is 5.92. The summed E-state index contributed by atoms with van der Waals surface area (Å²) < 4.78 is 5.26. The maximum atomic E-state index is 11.8. The molecule has 2 unspecified atom stereocenters. The summed E-state index contributed by atoms with van der Waals surface area (Å²) in [5.74, 6) is 0.101. The minimum atomic E-state index is -0.0621. The Bertz CT molecular complexity index is 226. The molecule has 0 aromatic heterocycles. The normalized spacial score (nSPS) is 19.1. The van der Waals surface area contributed by atoms with Gasteiger partial charge in [0.25, 0.3) is 0 Å². The minimum Gasteiger partial charge on any atom is -0.379 e. The average molecular weight is 302 g/mol. The van der Waals surface area contributed by atoms with Gasteiger partial charge in [-0.15, -0.1) is 24.8 Å². The van der Waals surface area contributed by atoms with Gasteiger partial charge in [-0.25, -0.2) is 0 Å². The van der Waals surface area contributed by atoms with Gasteiger partial charge in [-0.05, 0) is 20.9 Å². The molecule has 0 saturated carbocycles. The topological polar surface area (TPSA) is 53.6 Å². The molecule has 0 aromatic rings. The van der Waals surface area contributed by atoms with Gasteiger partial charge < -0.3 is 15.4 Å². The highest BCUT2D eigenvalue weighted by atomic mass is 35.5. The Kier molecular flexibility index (Phi) is 12.2. The molecule has 0 spiro atoms. The molecule has 2 N–H and O–H groups in total. The van der Waals surface area contributed by atoms with Crippen LogP contribution in [0.3, 0.4) is 0 Å². The lowest BCUT2D eigenvalue weighted by atomic mass is 10.2. The van der Waals surface area contributed by atoms with Crippen LogP contribution >= 0.6 is 24.8 Å². The Balaban J connectivity index is 0. The number of carbonyl (C=O) groups is 1. The van der Waals surface area contributed by atoms with Gasteiger partial charge >= 0.3 is 0 Å². The lowest BCUT2D eigenvalue weighted by Crippen LogP contribution is -2.51. The quantitative estimate of drug-likeness (QED) is 0.766. The molecule has 18 heavy (non-hydrogen) atoms. The standard InChI is InChI=1S/C11H23N3O2.2ClH/c1-9(12-3)8-13-11(15)10(2)14-4-6-16-7-5-14;;/h9-10,12H,4-8H2,1-3H3,(H,13,15);2*1H. The number of carbonyl (C=O) groups excluding carboxylic acids is 1. The third-order valence-electron chi connectivity index (χ3n) is 3.05. The number of nitrogens with zero attached hydrogens (tertiary/aromatic N) is 1. The molecule has 1 aliphatic heterocycles. The number of morpholine rings is 1. The number of halogens is 2. The van der Waals surface area contributed by atoms with E-state index in [0.717, 1.165) is 26.3 Å². The van der Waals surface area contributed by atoms with Crippen molar-refractivity contribution in [3.05, 3.63) is 0 Å². The molecule has 0 bridgehead atoms. The zero-order chi connectivity index (χ0) is 12.0. The molecule has 1 fully saturated rings. The molecule has 110 valence electrons. The number of ether oxygens (including phenoxy) is 1. The van der Waals surface area contributed by atoms with E-state index in [1.165, 1.54) is 0 Å². The molecule has 0 aromatic carbocycles. The Hall–Kier alpha value is -0.0700. The first kappa shape index (κ1) is 20.3. The van der Waals surface area contributed by atoms with Gasteiger partial charge in [-0.2, -0.15) is 0 Å². The molecule has 7 heteroatoms. The Morgan fingerprint density at radius 2 is 1.83 bits per heavy atom.